The smallest absolute Gasteiger partial charge is 0.250 e. The third-order valence-corrected chi connectivity index (χ3v) is 5.87. The quantitative estimate of drug-likeness (QED) is 0.289. The number of nitrogens with zero attached hydrogens (tertiary/aromatic N) is 4. The number of carbonyl (C=O) groups is 1. The fourth-order valence-electron chi connectivity index (χ4n) is 2.28. The number of halogens is 2. The second-order valence-corrected chi connectivity index (χ2v) is 8.30. The summed E-state index contributed by atoms with van der Waals surface area (Å²) in [5.41, 5.74) is 4.15. The molecule has 0 spiro atoms. The number of thioether (sulfide) groups is 1. The van der Waals surface area contributed by atoms with E-state index in [9.17, 15) is 9.90 Å². The largest absolute Gasteiger partial charge is 0.506 e. The van der Waals surface area contributed by atoms with Gasteiger partial charge in [-0.05, 0) is 49.6 Å². The first-order valence-corrected chi connectivity index (χ1v) is 10.6. The van der Waals surface area contributed by atoms with E-state index in [-0.39, 0.29) is 17.4 Å². The summed E-state index contributed by atoms with van der Waals surface area (Å²) >= 11 is 7.77. The molecule has 0 saturated heterocycles. The zero-order valence-electron chi connectivity index (χ0n) is 14.6. The molecule has 0 bridgehead atoms. The molecule has 2 aromatic carbocycles. The van der Waals surface area contributed by atoms with Gasteiger partial charge in [-0.2, -0.15) is 5.10 Å². The molecular weight excluding hydrogens is 510 g/mol. The van der Waals surface area contributed by atoms with Crippen LogP contribution in [0.25, 0.3) is 11.4 Å². The molecule has 10 heteroatoms. The molecule has 3 aromatic rings. The molecule has 0 saturated carbocycles. The van der Waals surface area contributed by atoms with Crippen molar-refractivity contribution in [2.75, 3.05) is 5.75 Å². The maximum atomic E-state index is 12.0. The van der Waals surface area contributed by atoms with Crippen molar-refractivity contribution in [3.8, 4) is 17.1 Å². The number of hydrogen-bond acceptors (Lipinski definition) is 6. The Morgan fingerprint density at radius 1 is 1.25 bits per heavy atom. The Morgan fingerprint density at radius 3 is 2.61 bits per heavy atom. The minimum Gasteiger partial charge on any atom is -0.506 e. The molecule has 0 aliphatic rings. The first kappa shape index (κ1) is 20.6. The lowest BCUT2D eigenvalue weighted by atomic mass is 10.2. The van der Waals surface area contributed by atoms with E-state index in [1.165, 1.54) is 18.0 Å². The normalized spacial score (nSPS) is 11.1. The molecule has 7 nitrogen and oxygen atoms in total. The molecule has 0 unspecified atom stereocenters. The first-order chi connectivity index (χ1) is 13.5. The number of nitrogens with one attached hydrogen (secondary N) is 1. The van der Waals surface area contributed by atoms with Crippen molar-refractivity contribution in [1.29, 1.82) is 0 Å². The van der Waals surface area contributed by atoms with Gasteiger partial charge >= 0.3 is 0 Å². The van der Waals surface area contributed by atoms with Crippen molar-refractivity contribution in [2.45, 2.75) is 5.16 Å². The van der Waals surface area contributed by atoms with Gasteiger partial charge < -0.3 is 9.67 Å². The number of phenolic OH excluding ortho intramolecular Hbond substituents is 1. The number of carbonyl (C=O) groups excluding carboxylic acids is 1. The zero-order valence-corrected chi connectivity index (χ0v) is 18.6. The van der Waals surface area contributed by atoms with Gasteiger partial charge in [0.25, 0.3) is 5.91 Å². The molecule has 3 rings (SSSR count). The fourth-order valence-corrected chi connectivity index (χ4v) is 4.21. The van der Waals surface area contributed by atoms with Crippen LogP contribution in [0.15, 0.2) is 61.7 Å². The minimum atomic E-state index is -0.262. The number of phenols is 1. The number of hydrogen-bond donors (Lipinski definition) is 2. The molecule has 1 aromatic heterocycles. The van der Waals surface area contributed by atoms with Crippen molar-refractivity contribution in [3.05, 3.63) is 57.0 Å². The van der Waals surface area contributed by atoms with E-state index in [1.807, 2.05) is 41.9 Å². The Hall–Kier alpha value is -2.17. The standard InChI is InChI=1S/C18H15Br2N5O2S/c1-25-17(12-5-3-2-4-6-12)23-24-18(25)28-10-15(26)22-21-9-11-7-13(19)16(27)14(20)8-11/h2-9,27H,10H2,1H3,(H,22,26)/b21-9-. The Labute approximate surface area is 182 Å². The molecule has 0 fully saturated rings. The van der Waals surface area contributed by atoms with E-state index >= 15 is 0 Å². The molecule has 0 atom stereocenters. The van der Waals surface area contributed by atoms with Gasteiger partial charge in [0.1, 0.15) is 5.75 Å². The summed E-state index contributed by atoms with van der Waals surface area (Å²) in [6.07, 6.45) is 1.49. The van der Waals surface area contributed by atoms with Gasteiger partial charge in [-0.15, -0.1) is 10.2 Å². The van der Waals surface area contributed by atoms with Crippen LogP contribution < -0.4 is 5.43 Å². The SMILES string of the molecule is Cn1c(SCC(=O)N/N=C\c2cc(Br)c(O)c(Br)c2)nnc1-c1ccccc1. The van der Waals surface area contributed by atoms with Gasteiger partial charge in [0.15, 0.2) is 11.0 Å². The van der Waals surface area contributed by atoms with Crippen LogP contribution in [0.1, 0.15) is 5.56 Å². The maximum absolute atomic E-state index is 12.0. The highest BCUT2D eigenvalue weighted by molar-refractivity contribution is 9.11. The Bertz CT molecular complexity index is 1000. The molecule has 28 heavy (non-hydrogen) atoms. The van der Waals surface area contributed by atoms with Crippen LogP contribution in [0, 0.1) is 0 Å². The van der Waals surface area contributed by atoms with E-state index in [0.29, 0.717) is 19.7 Å². The highest BCUT2D eigenvalue weighted by Gasteiger charge is 2.12. The molecule has 1 heterocycles. The highest BCUT2D eigenvalue weighted by Crippen LogP contribution is 2.32. The minimum absolute atomic E-state index is 0.108. The summed E-state index contributed by atoms with van der Waals surface area (Å²) < 4.78 is 2.91. The summed E-state index contributed by atoms with van der Waals surface area (Å²) in [5.74, 6) is 0.740. The van der Waals surface area contributed by atoms with E-state index in [1.54, 1.807) is 12.1 Å². The third-order valence-electron chi connectivity index (χ3n) is 3.64. The van der Waals surface area contributed by atoms with Crippen molar-refractivity contribution in [3.63, 3.8) is 0 Å². The zero-order chi connectivity index (χ0) is 20.1. The van der Waals surface area contributed by atoms with E-state index in [2.05, 4.69) is 52.6 Å². The second kappa shape index (κ2) is 9.35. The summed E-state index contributed by atoms with van der Waals surface area (Å²) in [5, 5.41) is 22.6. The number of benzene rings is 2. The van der Waals surface area contributed by atoms with Crippen molar-refractivity contribution >= 4 is 55.7 Å². The first-order valence-electron chi connectivity index (χ1n) is 8.03. The van der Waals surface area contributed by atoms with Gasteiger partial charge in [0.2, 0.25) is 0 Å². The maximum Gasteiger partial charge on any atom is 0.250 e. The lowest BCUT2D eigenvalue weighted by molar-refractivity contribution is -0.118. The number of amides is 1. The molecule has 0 aliphatic carbocycles. The van der Waals surface area contributed by atoms with E-state index < -0.39 is 0 Å². The summed E-state index contributed by atoms with van der Waals surface area (Å²) in [7, 11) is 1.86. The van der Waals surface area contributed by atoms with Crippen LogP contribution in [0.3, 0.4) is 0 Å². The van der Waals surface area contributed by atoms with E-state index in [0.717, 1.165) is 11.4 Å². The molecule has 0 aliphatic heterocycles. The van der Waals surface area contributed by atoms with Gasteiger partial charge in [-0.3, -0.25) is 4.79 Å². The Balaban J connectivity index is 1.56. The highest BCUT2D eigenvalue weighted by atomic mass is 79.9. The predicted molar refractivity (Wildman–Crippen MR) is 116 cm³/mol. The summed E-state index contributed by atoms with van der Waals surface area (Å²) in [4.78, 5) is 12.0. The molecule has 144 valence electrons. The van der Waals surface area contributed by atoms with Crippen molar-refractivity contribution in [2.24, 2.45) is 12.1 Å². The molecular formula is C18H15Br2N5O2S. The van der Waals surface area contributed by atoms with Crippen LogP contribution in [0.2, 0.25) is 0 Å². The average molecular weight is 525 g/mol. The van der Waals surface area contributed by atoms with Crippen LogP contribution in [-0.2, 0) is 11.8 Å². The van der Waals surface area contributed by atoms with Crippen molar-refractivity contribution < 1.29 is 9.90 Å². The van der Waals surface area contributed by atoms with Gasteiger partial charge in [-0.25, -0.2) is 5.43 Å². The fraction of sp³-hybridized carbons (Fsp3) is 0.111. The van der Waals surface area contributed by atoms with Crippen molar-refractivity contribution in [1.82, 2.24) is 20.2 Å². The number of rotatable bonds is 6. The van der Waals surface area contributed by atoms with E-state index in [4.69, 9.17) is 0 Å². The van der Waals surface area contributed by atoms with Crippen LogP contribution >= 0.6 is 43.6 Å². The van der Waals surface area contributed by atoms with Gasteiger partial charge in [-0.1, -0.05) is 42.1 Å². The average Bonchev–Trinajstić information content (AvgIpc) is 3.05. The number of aromatic nitrogens is 3. The lowest BCUT2D eigenvalue weighted by Gasteiger charge is -2.04. The third kappa shape index (κ3) is 5.00. The molecule has 0 radical (unpaired) electrons. The second-order valence-electron chi connectivity index (χ2n) is 5.65. The van der Waals surface area contributed by atoms with Gasteiger partial charge in [0, 0.05) is 12.6 Å². The van der Waals surface area contributed by atoms with Gasteiger partial charge in [0.05, 0.1) is 20.9 Å². The Kier molecular flexibility index (Phi) is 6.87. The number of hydrazone groups is 1. The molecule has 1 amide bonds. The topological polar surface area (TPSA) is 92.4 Å². The molecule has 2 N–H and O–H groups in total. The van der Waals surface area contributed by atoms with Crippen LogP contribution in [-0.4, -0.2) is 37.7 Å². The summed E-state index contributed by atoms with van der Waals surface area (Å²) in [6, 6.07) is 13.1. The Morgan fingerprint density at radius 2 is 1.93 bits per heavy atom. The number of aromatic hydroxyl groups is 1. The summed E-state index contributed by atoms with van der Waals surface area (Å²) in [6.45, 7) is 0. The van der Waals surface area contributed by atoms with Crippen LogP contribution in [0.5, 0.6) is 5.75 Å². The predicted octanol–water partition coefficient (Wildman–Crippen LogP) is 3.96. The lowest BCUT2D eigenvalue weighted by Crippen LogP contribution is -2.19. The van der Waals surface area contributed by atoms with Crippen LogP contribution in [0.4, 0.5) is 0 Å². The monoisotopic (exact) mass is 523 g/mol.